The first-order chi connectivity index (χ1) is 7.63. The smallest absolute Gasteiger partial charge is 0.0205 e. The molecule has 0 amide bonds. The molecule has 90 valence electrons. The first kappa shape index (κ1) is 13.2. The summed E-state index contributed by atoms with van der Waals surface area (Å²) in [7, 11) is 0. The van der Waals surface area contributed by atoms with Crippen LogP contribution >= 0.6 is 0 Å². The largest absolute Gasteiger partial charge is 0.330 e. The van der Waals surface area contributed by atoms with E-state index in [0.717, 1.165) is 26.1 Å². The maximum Gasteiger partial charge on any atom is 0.0205 e. The molecule has 0 bridgehead atoms. The van der Waals surface area contributed by atoms with E-state index in [1.54, 1.807) is 0 Å². The molecular weight excluding hydrogens is 196 g/mol. The van der Waals surface area contributed by atoms with Crippen molar-refractivity contribution in [2.45, 2.75) is 33.7 Å². The van der Waals surface area contributed by atoms with Crippen LogP contribution in [-0.2, 0) is 6.54 Å². The third-order valence-electron chi connectivity index (χ3n) is 3.12. The summed E-state index contributed by atoms with van der Waals surface area (Å²) in [4.78, 5) is 0. The molecule has 16 heavy (non-hydrogen) atoms. The molecule has 1 rings (SSSR count). The lowest BCUT2D eigenvalue weighted by atomic mass is 10.1. The van der Waals surface area contributed by atoms with E-state index < -0.39 is 0 Å². The van der Waals surface area contributed by atoms with Gasteiger partial charge in [0.1, 0.15) is 0 Å². The lowest BCUT2D eigenvalue weighted by Gasteiger charge is -2.10. The zero-order chi connectivity index (χ0) is 12.0. The van der Waals surface area contributed by atoms with Gasteiger partial charge in [-0.15, -0.1) is 0 Å². The SMILES string of the molecule is Cc1ccc(CNCCC(C)CN)cc1C. The predicted molar refractivity (Wildman–Crippen MR) is 70.5 cm³/mol. The second-order valence-electron chi connectivity index (χ2n) is 4.72. The van der Waals surface area contributed by atoms with Gasteiger partial charge in [-0.2, -0.15) is 0 Å². The molecule has 1 atom stereocenters. The van der Waals surface area contributed by atoms with Crippen molar-refractivity contribution in [2.24, 2.45) is 11.7 Å². The van der Waals surface area contributed by atoms with E-state index in [2.05, 4.69) is 44.3 Å². The van der Waals surface area contributed by atoms with E-state index in [0.29, 0.717) is 5.92 Å². The minimum atomic E-state index is 0.618. The van der Waals surface area contributed by atoms with Crippen molar-refractivity contribution < 1.29 is 0 Å². The van der Waals surface area contributed by atoms with Gasteiger partial charge in [0, 0.05) is 6.54 Å². The van der Waals surface area contributed by atoms with Crippen LogP contribution in [0.3, 0.4) is 0 Å². The molecule has 0 spiro atoms. The van der Waals surface area contributed by atoms with Crippen LogP contribution in [0.4, 0.5) is 0 Å². The van der Waals surface area contributed by atoms with Gasteiger partial charge in [-0.3, -0.25) is 0 Å². The second kappa shape index (κ2) is 6.66. The van der Waals surface area contributed by atoms with E-state index in [1.165, 1.54) is 16.7 Å². The highest BCUT2D eigenvalue weighted by Crippen LogP contribution is 2.09. The number of rotatable bonds is 6. The number of hydrogen-bond acceptors (Lipinski definition) is 2. The molecule has 0 radical (unpaired) electrons. The highest BCUT2D eigenvalue weighted by molar-refractivity contribution is 5.29. The van der Waals surface area contributed by atoms with Gasteiger partial charge in [0.15, 0.2) is 0 Å². The molecule has 1 unspecified atom stereocenters. The van der Waals surface area contributed by atoms with Gasteiger partial charge < -0.3 is 11.1 Å². The van der Waals surface area contributed by atoms with Crippen LogP contribution < -0.4 is 11.1 Å². The number of nitrogens with one attached hydrogen (secondary N) is 1. The summed E-state index contributed by atoms with van der Waals surface area (Å²) < 4.78 is 0. The van der Waals surface area contributed by atoms with Gasteiger partial charge in [0.2, 0.25) is 0 Å². The molecule has 0 aliphatic carbocycles. The normalized spacial score (nSPS) is 12.8. The minimum absolute atomic E-state index is 0.618. The van der Waals surface area contributed by atoms with Gasteiger partial charge >= 0.3 is 0 Å². The average molecular weight is 220 g/mol. The van der Waals surface area contributed by atoms with Crippen LogP contribution in [0.2, 0.25) is 0 Å². The van der Waals surface area contributed by atoms with Crippen LogP contribution in [-0.4, -0.2) is 13.1 Å². The van der Waals surface area contributed by atoms with E-state index in [9.17, 15) is 0 Å². The highest BCUT2D eigenvalue weighted by Gasteiger charge is 1.99. The highest BCUT2D eigenvalue weighted by atomic mass is 14.8. The lowest BCUT2D eigenvalue weighted by Crippen LogP contribution is -2.20. The van der Waals surface area contributed by atoms with Crippen molar-refractivity contribution in [1.29, 1.82) is 0 Å². The summed E-state index contributed by atoms with van der Waals surface area (Å²) in [6.45, 7) is 9.29. The van der Waals surface area contributed by atoms with Crippen LogP contribution in [0.15, 0.2) is 18.2 Å². The van der Waals surface area contributed by atoms with Crippen molar-refractivity contribution in [3.05, 3.63) is 34.9 Å². The number of aryl methyl sites for hydroxylation is 2. The fraction of sp³-hybridized carbons (Fsp3) is 0.571. The summed E-state index contributed by atoms with van der Waals surface area (Å²) >= 11 is 0. The molecule has 0 aliphatic heterocycles. The van der Waals surface area contributed by atoms with Crippen LogP contribution in [0.25, 0.3) is 0 Å². The molecule has 0 heterocycles. The second-order valence-corrected chi connectivity index (χ2v) is 4.72. The summed E-state index contributed by atoms with van der Waals surface area (Å²) in [5.41, 5.74) is 9.67. The van der Waals surface area contributed by atoms with Crippen molar-refractivity contribution in [3.8, 4) is 0 Å². The Morgan fingerprint density at radius 1 is 1.25 bits per heavy atom. The van der Waals surface area contributed by atoms with Crippen molar-refractivity contribution in [3.63, 3.8) is 0 Å². The molecule has 0 aromatic heterocycles. The molecule has 0 aliphatic rings. The third kappa shape index (κ3) is 4.33. The summed E-state index contributed by atoms with van der Waals surface area (Å²) in [5.74, 6) is 0.618. The first-order valence-corrected chi connectivity index (χ1v) is 6.10. The van der Waals surface area contributed by atoms with Gasteiger partial charge in [0.05, 0.1) is 0 Å². The topological polar surface area (TPSA) is 38.0 Å². The standard InChI is InChI=1S/C14H24N2/c1-11(9-15)6-7-16-10-14-5-4-12(2)13(3)8-14/h4-5,8,11,16H,6-7,9-10,15H2,1-3H3. The third-order valence-corrected chi connectivity index (χ3v) is 3.12. The number of nitrogens with two attached hydrogens (primary N) is 1. The quantitative estimate of drug-likeness (QED) is 0.722. The molecule has 0 saturated heterocycles. The summed E-state index contributed by atoms with van der Waals surface area (Å²) in [6, 6.07) is 6.64. The fourth-order valence-electron chi connectivity index (χ4n) is 1.61. The molecule has 1 aromatic rings. The fourth-order valence-corrected chi connectivity index (χ4v) is 1.61. The van der Waals surface area contributed by atoms with Gasteiger partial charge in [-0.25, -0.2) is 0 Å². The van der Waals surface area contributed by atoms with Crippen molar-refractivity contribution in [2.75, 3.05) is 13.1 Å². The maximum absolute atomic E-state index is 5.57. The van der Waals surface area contributed by atoms with Gasteiger partial charge in [-0.1, -0.05) is 25.1 Å². The molecule has 2 heteroatoms. The Labute approximate surface area is 99.2 Å². The van der Waals surface area contributed by atoms with E-state index in [4.69, 9.17) is 5.73 Å². The number of benzene rings is 1. The first-order valence-electron chi connectivity index (χ1n) is 6.10. The Kier molecular flexibility index (Phi) is 5.50. The Morgan fingerprint density at radius 3 is 2.62 bits per heavy atom. The molecular formula is C14H24N2. The number of hydrogen-bond donors (Lipinski definition) is 2. The Bertz CT molecular complexity index is 321. The minimum Gasteiger partial charge on any atom is -0.330 e. The zero-order valence-electron chi connectivity index (χ0n) is 10.7. The van der Waals surface area contributed by atoms with Crippen LogP contribution in [0, 0.1) is 19.8 Å². The van der Waals surface area contributed by atoms with Gasteiger partial charge in [-0.05, 0) is 56.0 Å². The summed E-state index contributed by atoms with van der Waals surface area (Å²) in [5, 5.41) is 3.46. The Hall–Kier alpha value is -0.860. The zero-order valence-corrected chi connectivity index (χ0v) is 10.7. The monoisotopic (exact) mass is 220 g/mol. The summed E-state index contributed by atoms with van der Waals surface area (Å²) in [6.07, 6.45) is 1.15. The maximum atomic E-state index is 5.57. The lowest BCUT2D eigenvalue weighted by molar-refractivity contribution is 0.509. The van der Waals surface area contributed by atoms with Crippen LogP contribution in [0.5, 0.6) is 0 Å². The molecule has 1 aromatic carbocycles. The van der Waals surface area contributed by atoms with Gasteiger partial charge in [0.25, 0.3) is 0 Å². The average Bonchev–Trinajstić information content (AvgIpc) is 2.28. The Balaban J connectivity index is 2.29. The van der Waals surface area contributed by atoms with E-state index in [-0.39, 0.29) is 0 Å². The Morgan fingerprint density at radius 2 is 2.00 bits per heavy atom. The predicted octanol–water partition coefficient (Wildman–Crippen LogP) is 2.38. The van der Waals surface area contributed by atoms with Crippen molar-refractivity contribution in [1.82, 2.24) is 5.32 Å². The molecule has 0 saturated carbocycles. The molecule has 0 fully saturated rings. The molecule has 2 nitrogen and oxygen atoms in total. The van der Waals surface area contributed by atoms with E-state index >= 15 is 0 Å². The van der Waals surface area contributed by atoms with E-state index in [1.807, 2.05) is 0 Å². The molecule has 3 N–H and O–H groups in total. The van der Waals surface area contributed by atoms with Crippen molar-refractivity contribution >= 4 is 0 Å². The van der Waals surface area contributed by atoms with Crippen LogP contribution in [0.1, 0.15) is 30.0 Å².